The molecule has 0 aliphatic carbocycles. The minimum Gasteiger partial charge on any atom is -1.00 e. The summed E-state index contributed by atoms with van der Waals surface area (Å²) in [6, 6.07) is 6.89. The average Bonchev–Trinajstić information content (AvgIpc) is 3.04. The summed E-state index contributed by atoms with van der Waals surface area (Å²) in [5, 5.41) is 0. The van der Waals surface area contributed by atoms with Crippen LogP contribution < -0.4 is 12.4 Å². The molecule has 1 aromatic carbocycles. The van der Waals surface area contributed by atoms with E-state index < -0.39 is 0 Å². The lowest BCUT2D eigenvalue weighted by Gasteiger charge is -2.35. The number of rotatable bonds is 6. The Labute approximate surface area is 155 Å². The van der Waals surface area contributed by atoms with Crippen molar-refractivity contribution in [2.24, 2.45) is 0 Å². The van der Waals surface area contributed by atoms with Crippen LogP contribution in [-0.2, 0) is 6.54 Å². The highest BCUT2D eigenvalue weighted by Crippen LogP contribution is 2.51. The number of thioether (sulfide) groups is 1. The molecule has 0 bridgehead atoms. The minimum absolute atomic E-state index is 0. The second-order valence-electron chi connectivity index (χ2n) is 6.26. The van der Waals surface area contributed by atoms with Gasteiger partial charge in [-0.05, 0) is 42.8 Å². The van der Waals surface area contributed by atoms with Gasteiger partial charge in [-0.15, -0.1) is 0 Å². The smallest absolute Gasteiger partial charge is 0.226 e. The molecular formula is C19H26ClFN2S. The maximum atomic E-state index is 13.1. The van der Waals surface area contributed by atoms with E-state index in [0.717, 1.165) is 29.6 Å². The third-order valence-corrected chi connectivity index (χ3v) is 6.47. The van der Waals surface area contributed by atoms with Crippen molar-refractivity contribution in [1.29, 1.82) is 0 Å². The Balaban J connectivity index is 0.00000208. The zero-order valence-corrected chi connectivity index (χ0v) is 16.2. The molecule has 1 aromatic rings. The Kier molecular flexibility index (Phi) is 6.40. The molecule has 2 aliphatic heterocycles. The Morgan fingerprint density at radius 3 is 2.46 bits per heavy atom. The van der Waals surface area contributed by atoms with Gasteiger partial charge in [0.25, 0.3) is 0 Å². The van der Waals surface area contributed by atoms with Crippen molar-refractivity contribution in [3.05, 3.63) is 58.6 Å². The number of allylic oxidation sites excluding steroid dienone is 2. The number of hydrogen-bond acceptors (Lipinski definition) is 2. The van der Waals surface area contributed by atoms with E-state index in [-0.39, 0.29) is 18.2 Å². The molecule has 24 heavy (non-hydrogen) atoms. The van der Waals surface area contributed by atoms with Gasteiger partial charge in [0.1, 0.15) is 17.7 Å². The second kappa shape index (κ2) is 7.94. The molecule has 3 rings (SSSR count). The van der Waals surface area contributed by atoms with Crippen molar-refractivity contribution in [3.8, 4) is 0 Å². The van der Waals surface area contributed by atoms with E-state index >= 15 is 0 Å². The lowest BCUT2D eigenvalue weighted by molar-refractivity contribution is -0.852. The van der Waals surface area contributed by atoms with Crippen molar-refractivity contribution < 1.29 is 21.3 Å². The third kappa shape index (κ3) is 3.24. The van der Waals surface area contributed by atoms with Gasteiger partial charge in [0, 0.05) is 17.9 Å². The van der Waals surface area contributed by atoms with Crippen LogP contribution >= 0.6 is 11.8 Å². The Morgan fingerprint density at radius 2 is 1.88 bits per heavy atom. The summed E-state index contributed by atoms with van der Waals surface area (Å²) in [6.45, 7) is 8.74. The van der Waals surface area contributed by atoms with Gasteiger partial charge in [-0.1, -0.05) is 32.4 Å². The molecule has 0 saturated heterocycles. The first-order chi connectivity index (χ1) is 11.1. The zero-order valence-electron chi connectivity index (χ0n) is 14.6. The topological polar surface area (TPSA) is 3.24 Å². The van der Waals surface area contributed by atoms with Crippen molar-refractivity contribution in [1.82, 2.24) is 4.90 Å². The SMILES string of the molecule is CCCC1=C(CC)[N+]2(CC)C=CN(Cc3ccc(F)cc3)C2S1.[Cl-]. The molecule has 132 valence electrons. The maximum Gasteiger partial charge on any atom is 0.226 e. The standard InChI is InChI=1S/C19H26FN2S.ClH/c1-4-7-18-17(5-2)22(6-3)13-12-21(19(22)23-18)14-15-8-10-16(20)11-9-15;/h8-13,19H,4-7,14H2,1-3H3;1H/q+1;/p-1. The van der Waals surface area contributed by atoms with Crippen LogP contribution in [-0.4, -0.2) is 21.4 Å². The first-order valence-corrected chi connectivity index (χ1v) is 9.48. The summed E-state index contributed by atoms with van der Waals surface area (Å²) >= 11 is 2.03. The second-order valence-corrected chi connectivity index (χ2v) is 7.41. The molecule has 2 atom stereocenters. The summed E-state index contributed by atoms with van der Waals surface area (Å²) in [5.74, 6) is -0.167. The van der Waals surface area contributed by atoms with Gasteiger partial charge in [0.2, 0.25) is 5.50 Å². The van der Waals surface area contributed by atoms with E-state index in [1.807, 2.05) is 23.9 Å². The van der Waals surface area contributed by atoms with E-state index in [2.05, 4.69) is 38.1 Å². The predicted octanol–water partition coefficient (Wildman–Crippen LogP) is 2.41. The van der Waals surface area contributed by atoms with Gasteiger partial charge in [0.15, 0.2) is 0 Å². The van der Waals surface area contributed by atoms with E-state index in [1.54, 1.807) is 22.7 Å². The Hall–Kier alpha value is -0.970. The summed E-state index contributed by atoms with van der Waals surface area (Å²) in [6.07, 6.45) is 8.10. The molecule has 0 aromatic heterocycles. The molecule has 0 amide bonds. The van der Waals surface area contributed by atoms with Gasteiger partial charge < -0.3 is 17.3 Å². The van der Waals surface area contributed by atoms with Crippen molar-refractivity contribution >= 4 is 11.8 Å². The molecule has 0 fully saturated rings. The van der Waals surface area contributed by atoms with Crippen LogP contribution in [0.25, 0.3) is 0 Å². The van der Waals surface area contributed by atoms with Crippen LogP contribution in [0.3, 0.4) is 0 Å². The monoisotopic (exact) mass is 368 g/mol. The predicted molar refractivity (Wildman–Crippen MR) is 95.5 cm³/mol. The number of nitrogens with zero attached hydrogens (tertiary/aromatic N) is 2. The number of hydrogen-bond donors (Lipinski definition) is 0. The van der Waals surface area contributed by atoms with Crippen LogP contribution in [0, 0.1) is 5.82 Å². The van der Waals surface area contributed by atoms with Gasteiger partial charge in [-0.3, -0.25) is 0 Å². The maximum absolute atomic E-state index is 13.1. The van der Waals surface area contributed by atoms with Crippen LogP contribution in [0.2, 0.25) is 0 Å². The molecule has 0 N–H and O–H groups in total. The number of fused-ring (bicyclic) bond motifs is 1. The fourth-order valence-electron chi connectivity index (χ4n) is 3.73. The van der Waals surface area contributed by atoms with Crippen LogP contribution in [0.15, 0.2) is 47.3 Å². The molecule has 2 unspecified atom stereocenters. The largest absolute Gasteiger partial charge is 1.00 e. The fraction of sp³-hybridized carbons (Fsp3) is 0.474. The zero-order chi connectivity index (χ0) is 16.4. The Morgan fingerprint density at radius 1 is 1.17 bits per heavy atom. The highest BCUT2D eigenvalue weighted by atomic mass is 35.5. The Bertz CT molecular complexity index is 629. The van der Waals surface area contributed by atoms with Crippen molar-refractivity contribution in [2.75, 3.05) is 6.54 Å². The van der Waals surface area contributed by atoms with Gasteiger partial charge in [-0.25, -0.2) is 8.87 Å². The van der Waals surface area contributed by atoms with Gasteiger partial charge in [0.05, 0.1) is 12.7 Å². The third-order valence-electron chi connectivity index (χ3n) is 4.89. The normalized spacial score (nSPS) is 25.2. The van der Waals surface area contributed by atoms with E-state index in [4.69, 9.17) is 0 Å². The summed E-state index contributed by atoms with van der Waals surface area (Å²) in [4.78, 5) is 4.00. The number of quaternary nitrogens is 1. The first-order valence-electron chi connectivity index (χ1n) is 8.60. The lowest BCUT2D eigenvalue weighted by atomic mass is 10.2. The van der Waals surface area contributed by atoms with Crippen LogP contribution in [0.1, 0.15) is 45.6 Å². The summed E-state index contributed by atoms with van der Waals surface area (Å²) < 4.78 is 14.1. The molecule has 0 spiro atoms. The summed E-state index contributed by atoms with van der Waals surface area (Å²) in [5.41, 5.74) is 3.15. The number of halogens is 2. The average molecular weight is 369 g/mol. The van der Waals surface area contributed by atoms with E-state index in [1.165, 1.54) is 12.8 Å². The number of benzene rings is 1. The van der Waals surface area contributed by atoms with E-state index in [0.29, 0.717) is 5.50 Å². The van der Waals surface area contributed by atoms with Crippen molar-refractivity contribution in [3.63, 3.8) is 0 Å². The summed E-state index contributed by atoms with van der Waals surface area (Å²) in [7, 11) is 0. The van der Waals surface area contributed by atoms with Crippen LogP contribution in [0.4, 0.5) is 4.39 Å². The highest BCUT2D eigenvalue weighted by Gasteiger charge is 2.51. The van der Waals surface area contributed by atoms with Crippen molar-refractivity contribution in [2.45, 2.75) is 52.1 Å². The van der Waals surface area contributed by atoms with Gasteiger partial charge >= 0.3 is 0 Å². The molecule has 2 nitrogen and oxygen atoms in total. The fourth-order valence-corrected chi connectivity index (χ4v) is 5.58. The minimum atomic E-state index is -0.167. The lowest BCUT2D eigenvalue weighted by Crippen LogP contribution is -3.00. The van der Waals surface area contributed by atoms with E-state index in [9.17, 15) is 4.39 Å². The molecule has 2 heterocycles. The quantitative estimate of drug-likeness (QED) is 0.709. The van der Waals surface area contributed by atoms with Crippen LogP contribution in [0.5, 0.6) is 0 Å². The molecule has 0 radical (unpaired) electrons. The molecule has 2 aliphatic rings. The molecular weight excluding hydrogens is 343 g/mol. The molecule has 5 heteroatoms. The highest BCUT2D eigenvalue weighted by molar-refractivity contribution is 8.03. The van der Waals surface area contributed by atoms with Gasteiger partial charge in [-0.2, -0.15) is 0 Å². The molecule has 0 saturated carbocycles. The first kappa shape index (κ1) is 19.4.